The molecule has 0 fully saturated rings. The molecule has 12 nitrogen and oxygen atoms in total. The van der Waals surface area contributed by atoms with E-state index in [1.165, 1.54) is 0 Å². The van der Waals surface area contributed by atoms with Crippen LogP contribution in [0.5, 0.6) is 0 Å². The fourth-order valence-electron chi connectivity index (χ4n) is 4.64. The number of aryl methyl sites for hydroxylation is 1. The van der Waals surface area contributed by atoms with Gasteiger partial charge in [0, 0.05) is 45.8 Å². The number of rotatable bonds is 12. The number of carboxylic acids is 1. The molecule has 13 heteroatoms. The molecule has 1 atom stereocenters. The molecule has 0 aliphatic heterocycles. The summed E-state index contributed by atoms with van der Waals surface area (Å²) in [5.41, 5.74) is 4.19. The predicted molar refractivity (Wildman–Crippen MR) is 155 cm³/mol. The van der Waals surface area contributed by atoms with Crippen LogP contribution in [0.4, 0.5) is 0 Å². The molecule has 1 amide bonds. The van der Waals surface area contributed by atoms with Gasteiger partial charge in [0.25, 0.3) is 5.91 Å². The number of benzene rings is 2. The third-order valence-corrected chi connectivity index (χ3v) is 6.96. The molecule has 5 aromatic rings. The van der Waals surface area contributed by atoms with Gasteiger partial charge < -0.3 is 10.4 Å². The summed E-state index contributed by atoms with van der Waals surface area (Å²) in [6.45, 7) is 2.40. The lowest BCUT2D eigenvalue weighted by atomic mass is 10.0. The number of aliphatic carboxylic acids is 1. The third kappa shape index (κ3) is 6.84. The molecule has 3 N–H and O–H groups in total. The molecule has 0 radical (unpaired) electrons. The summed E-state index contributed by atoms with van der Waals surface area (Å²) in [5, 5.41) is 31.4. The van der Waals surface area contributed by atoms with Crippen LogP contribution in [-0.2, 0) is 24.2 Å². The highest BCUT2D eigenvalue weighted by Gasteiger charge is 2.22. The zero-order chi connectivity index (χ0) is 29.5. The highest BCUT2D eigenvalue weighted by Crippen LogP contribution is 2.27. The van der Waals surface area contributed by atoms with E-state index in [-0.39, 0.29) is 18.5 Å². The quantitative estimate of drug-likeness (QED) is 0.196. The van der Waals surface area contributed by atoms with E-state index in [2.05, 4.69) is 41.0 Å². The molecule has 42 heavy (non-hydrogen) atoms. The van der Waals surface area contributed by atoms with Crippen molar-refractivity contribution in [1.82, 2.24) is 45.7 Å². The Labute approximate surface area is 246 Å². The van der Waals surface area contributed by atoms with Crippen LogP contribution >= 0.6 is 11.6 Å². The minimum Gasteiger partial charge on any atom is -0.481 e. The molecule has 5 rings (SSSR count). The summed E-state index contributed by atoms with van der Waals surface area (Å²) in [6.07, 6.45) is 5.03. The Kier molecular flexibility index (Phi) is 8.93. The topological polar surface area (TPSA) is 164 Å². The van der Waals surface area contributed by atoms with Gasteiger partial charge in [-0.25, -0.2) is 15.1 Å². The molecule has 0 saturated carbocycles. The van der Waals surface area contributed by atoms with E-state index in [1.807, 2.05) is 43.3 Å². The van der Waals surface area contributed by atoms with Gasteiger partial charge in [0.1, 0.15) is 5.69 Å². The summed E-state index contributed by atoms with van der Waals surface area (Å²) in [5.74, 6) is -0.437. The van der Waals surface area contributed by atoms with E-state index < -0.39 is 17.9 Å². The van der Waals surface area contributed by atoms with Crippen LogP contribution in [0.3, 0.4) is 0 Å². The van der Waals surface area contributed by atoms with E-state index in [0.717, 1.165) is 34.4 Å². The largest absolute Gasteiger partial charge is 0.481 e. The number of carbonyl (C=O) groups is 2. The average molecular weight is 586 g/mol. The van der Waals surface area contributed by atoms with Crippen LogP contribution in [0, 0.1) is 0 Å². The minimum absolute atomic E-state index is 0.208. The second-order valence-corrected chi connectivity index (χ2v) is 10.1. The highest BCUT2D eigenvalue weighted by atomic mass is 35.5. The number of nitrogens with zero attached hydrogens (tertiary/aromatic N) is 7. The van der Waals surface area contributed by atoms with Crippen molar-refractivity contribution in [3.63, 3.8) is 0 Å². The number of halogens is 1. The molecule has 0 aliphatic carbocycles. The van der Waals surface area contributed by atoms with Gasteiger partial charge in [-0.15, -0.1) is 5.10 Å². The lowest BCUT2D eigenvalue weighted by Crippen LogP contribution is -2.38. The molecule has 3 heterocycles. The Morgan fingerprint density at radius 1 is 1.07 bits per heavy atom. The number of aromatic nitrogens is 8. The Hall–Kier alpha value is -4.97. The van der Waals surface area contributed by atoms with Crippen LogP contribution in [0.25, 0.3) is 22.8 Å². The van der Waals surface area contributed by atoms with Crippen LogP contribution in [0.1, 0.15) is 47.1 Å². The smallest absolute Gasteiger partial charge is 0.305 e. The normalized spacial score (nSPS) is 11.8. The first-order valence-corrected chi connectivity index (χ1v) is 13.8. The van der Waals surface area contributed by atoms with Crippen LogP contribution in [0.2, 0.25) is 5.02 Å². The van der Waals surface area contributed by atoms with E-state index in [4.69, 9.17) is 11.6 Å². The maximum Gasteiger partial charge on any atom is 0.305 e. The maximum absolute atomic E-state index is 13.2. The molecule has 0 saturated heterocycles. The van der Waals surface area contributed by atoms with E-state index in [1.54, 1.807) is 35.3 Å². The van der Waals surface area contributed by atoms with Gasteiger partial charge in [-0.05, 0) is 41.0 Å². The number of nitrogens with one attached hydrogen (secondary N) is 2. The van der Waals surface area contributed by atoms with Crippen molar-refractivity contribution in [1.29, 1.82) is 0 Å². The lowest BCUT2D eigenvalue weighted by molar-refractivity contribution is -0.137. The Morgan fingerprint density at radius 2 is 1.81 bits per heavy atom. The van der Waals surface area contributed by atoms with Crippen molar-refractivity contribution >= 4 is 23.5 Å². The number of H-pyrrole nitrogens is 1. The Morgan fingerprint density at radius 3 is 2.50 bits per heavy atom. The average Bonchev–Trinajstić information content (AvgIpc) is 3.66. The predicted octanol–water partition coefficient (Wildman–Crippen LogP) is 3.99. The van der Waals surface area contributed by atoms with Crippen molar-refractivity contribution in [2.45, 2.75) is 45.2 Å². The number of tetrazole rings is 1. The van der Waals surface area contributed by atoms with Crippen molar-refractivity contribution in [2.24, 2.45) is 0 Å². The van der Waals surface area contributed by atoms with Crippen LogP contribution in [-0.4, -0.2) is 63.4 Å². The molecule has 2 aromatic carbocycles. The van der Waals surface area contributed by atoms with E-state index >= 15 is 0 Å². The molecule has 214 valence electrons. The zero-order valence-electron chi connectivity index (χ0n) is 22.7. The van der Waals surface area contributed by atoms with Gasteiger partial charge >= 0.3 is 5.97 Å². The first kappa shape index (κ1) is 28.6. The highest BCUT2D eigenvalue weighted by molar-refractivity contribution is 6.31. The Balaban J connectivity index is 1.33. The molecular weight excluding hydrogens is 558 g/mol. The van der Waals surface area contributed by atoms with Gasteiger partial charge in [0.15, 0.2) is 11.6 Å². The maximum atomic E-state index is 13.2. The van der Waals surface area contributed by atoms with Gasteiger partial charge in [-0.2, -0.15) is 5.10 Å². The van der Waals surface area contributed by atoms with Crippen molar-refractivity contribution in [2.75, 3.05) is 0 Å². The number of carboxylic acid groups (broad SMARTS) is 1. The zero-order valence-corrected chi connectivity index (χ0v) is 23.5. The van der Waals surface area contributed by atoms with Crippen LogP contribution < -0.4 is 5.32 Å². The van der Waals surface area contributed by atoms with Crippen molar-refractivity contribution in [3.05, 3.63) is 94.5 Å². The van der Waals surface area contributed by atoms with Gasteiger partial charge in [-0.3, -0.25) is 14.3 Å². The molecule has 0 bridgehead atoms. The minimum atomic E-state index is -1.02. The van der Waals surface area contributed by atoms with E-state index in [0.29, 0.717) is 29.6 Å². The molecule has 0 aliphatic rings. The summed E-state index contributed by atoms with van der Waals surface area (Å²) in [4.78, 5) is 33.9. The second kappa shape index (κ2) is 13.1. The SMILES string of the molecule is CCCc1cc(C(=O)N[C@@H](CC(=O)O)Cc2ccccc2Cl)nn1Cc1cnc(-c2ccccc2-c2nnn[nH]2)nc1. The van der Waals surface area contributed by atoms with Gasteiger partial charge in [0.2, 0.25) is 0 Å². The van der Waals surface area contributed by atoms with Gasteiger partial charge in [-0.1, -0.05) is 67.4 Å². The summed E-state index contributed by atoms with van der Waals surface area (Å²) >= 11 is 6.27. The van der Waals surface area contributed by atoms with Crippen LogP contribution in [0.15, 0.2) is 67.0 Å². The molecule has 0 spiro atoms. The number of aromatic amines is 1. The number of carbonyl (C=O) groups excluding carboxylic acids is 1. The summed E-state index contributed by atoms with van der Waals surface area (Å²) in [7, 11) is 0. The monoisotopic (exact) mass is 585 g/mol. The first-order chi connectivity index (χ1) is 20.4. The fraction of sp³-hybridized carbons (Fsp3) is 0.241. The standard InChI is InChI=1S/C29H28ClN9O3/c1-2-7-21-14-25(29(42)33-20(13-26(40)41)12-19-8-3-6-11-24(19)30)36-39(21)17-18-15-31-27(32-16-18)22-9-4-5-10-23(22)28-34-37-38-35-28/h3-6,8-11,14-16,20H,2,7,12-13,17H2,1H3,(H,33,42)(H,40,41)(H,34,35,37,38)/t20-/m1/s1. The number of amides is 1. The molecular formula is C29H28ClN9O3. The molecule has 3 aromatic heterocycles. The first-order valence-electron chi connectivity index (χ1n) is 13.4. The second-order valence-electron chi connectivity index (χ2n) is 9.70. The number of hydrogen-bond acceptors (Lipinski definition) is 8. The fourth-order valence-corrected chi connectivity index (χ4v) is 4.85. The summed E-state index contributed by atoms with van der Waals surface area (Å²) < 4.78 is 1.76. The van der Waals surface area contributed by atoms with Gasteiger partial charge in [0.05, 0.1) is 13.0 Å². The molecule has 0 unspecified atom stereocenters. The Bertz CT molecular complexity index is 1670. The van der Waals surface area contributed by atoms with E-state index in [9.17, 15) is 14.7 Å². The summed E-state index contributed by atoms with van der Waals surface area (Å²) in [6, 6.07) is 15.8. The number of hydrogen-bond donors (Lipinski definition) is 3. The third-order valence-electron chi connectivity index (χ3n) is 6.59. The van der Waals surface area contributed by atoms with Crippen molar-refractivity contribution in [3.8, 4) is 22.8 Å². The lowest BCUT2D eigenvalue weighted by Gasteiger charge is -2.17. The van der Waals surface area contributed by atoms with Crippen molar-refractivity contribution < 1.29 is 14.7 Å².